The van der Waals surface area contributed by atoms with Crippen molar-refractivity contribution in [3.05, 3.63) is 65.0 Å². The van der Waals surface area contributed by atoms with Gasteiger partial charge in [0.1, 0.15) is 16.4 Å². The average Bonchev–Trinajstić information content (AvgIpc) is 2.72. The van der Waals surface area contributed by atoms with Crippen molar-refractivity contribution in [2.75, 3.05) is 24.1 Å². The van der Waals surface area contributed by atoms with Gasteiger partial charge in [-0.3, -0.25) is 9.69 Å². The fraction of sp³-hybridized carbons (Fsp3) is 0.333. The van der Waals surface area contributed by atoms with E-state index < -0.39 is 11.7 Å². The number of anilines is 2. The Kier molecular flexibility index (Phi) is 7.33. The number of hydrogen-bond donors (Lipinski definition) is 3. The summed E-state index contributed by atoms with van der Waals surface area (Å²) in [5.41, 5.74) is 8.78. The molecule has 0 atom stereocenters. The molecule has 8 nitrogen and oxygen atoms in total. The van der Waals surface area contributed by atoms with E-state index in [-0.39, 0.29) is 18.9 Å². The van der Waals surface area contributed by atoms with Crippen LogP contribution in [-0.4, -0.2) is 45.4 Å². The molecule has 0 bridgehead atoms. The van der Waals surface area contributed by atoms with Crippen LogP contribution < -0.4 is 16.4 Å². The van der Waals surface area contributed by atoms with Crippen LogP contribution in [0.3, 0.4) is 0 Å². The van der Waals surface area contributed by atoms with Crippen LogP contribution >= 0.6 is 12.2 Å². The SMILES string of the molecule is Cc1ccc(NC(=S)C2=C(NCc3ccnc(N)c3)CN(C(=O)OC(C)(C)C)CC2=O)cc1. The third-order valence-electron chi connectivity index (χ3n) is 4.80. The number of carbonyl (C=O) groups excluding carboxylic acids is 2. The minimum absolute atomic E-state index is 0.118. The van der Waals surface area contributed by atoms with Crippen molar-refractivity contribution in [1.82, 2.24) is 15.2 Å². The van der Waals surface area contributed by atoms with Gasteiger partial charge >= 0.3 is 6.09 Å². The second-order valence-electron chi connectivity index (χ2n) is 8.88. The normalized spacial score (nSPS) is 14.2. The maximum absolute atomic E-state index is 13.1. The van der Waals surface area contributed by atoms with Gasteiger partial charge in [-0.2, -0.15) is 0 Å². The molecule has 9 heteroatoms. The van der Waals surface area contributed by atoms with E-state index in [1.165, 1.54) is 4.90 Å². The number of benzene rings is 1. The number of rotatable bonds is 5. The molecule has 2 aromatic rings. The van der Waals surface area contributed by atoms with Crippen LogP contribution in [0.4, 0.5) is 16.3 Å². The molecule has 2 heterocycles. The number of aryl methyl sites for hydroxylation is 1. The topological polar surface area (TPSA) is 110 Å². The summed E-state index contributed by atoms with van der Waals surface area (Å²) >= 11 is 5.59. The molecule has 0 aliphatic carbocycles. The summed E-state index contributed by atoms with van der Waals surface area (Å²) in [5.74, 6) is 0.128. The molecule has 0 fully saturated rings. The maximum atomic E-state index is 13.1. The highest BCUT2D eigenvalue weighted by Crippen LogP contribution is 2.21. The highest BCUT2D eigenvalue weighted by Gasteiger charge is 2.33. The molecule has 0 saturated heterocycles. The lowest BCUT2D eigenvalue weighted by Gasteiger charge is -2.32. The van der Waals surface area contributed by atoms with Crippen LogP contribution in [0.15, 0.2) is 53.9 Å². The standard InChI is InChI=1S/C24H29N5O3S/c1-15-5-7-17(8-6-15)28-22(33)21-18(27-12-16-9-10-26-20(25)11-16)13-29(14-19(21)30)23(31)32-24(2,3)4/h5-11,27H,12-14H2,1-4H3,(H2,25,26)(H,28,33). The van der Waals surface area contributed by atoms with Gasteiger partial charge in [0.2, 0.25) is 0 Å². The number of amides is 1. The lowest BCUT2D eigenvalue weighted by molar-refractivity contribution is -0.116. The number of hydrogen-bond acceptors (Lipinski definition) is 7. The minimum Gasteiger partial charge on any atom is -0.444 e. The number of Topliss-reactive ketones (excluding diaryl/α,β-unsaturated/α-hetero) is 1. The Hall–Kier alpha value is -3.46. The summed E-state index contributed by atoms with van der Waals surface area (Å²) in [5, 5.41) is 6.40. The van der Waals surface area contributed by atoms with Gasteiger partial charge in [0.05, 0.1) is 18.7 Å². The Balaban J connectivity index is 1.87. The third-order valence-corrected chi connectivity index (χ3v) is 5.11. The molecule has 1 aromatic carbocycles. The molecule has 0 spiro atoms. The summed E-state index contributed by atoms with van der Waals surface area (Å²) in [7, 11) is 0. The molecule has 33 heavy (non-hydrogen) atoms. The molecule has 3 rings (SSSR count). The van der Waals surface area contributed by atoms with E-state index in [0.717, 1.165) is 16.8 Å². The van der Waals surface area contributed by atoms with E-state index in [4.69, 9.17) is 22.7 Å². The van der Waals surface area contributed by atoms with Gasteiger partial charge < -0.3 is 21.1 Å². The van der Waals surface area contributed by atoms with Crippen LogP contribution in [0.1, 0.15) is 31.9 Å². The van der Waals surface area contributed by atoms with Gasteiger partial charge in [-0.25, -0.2) is 9.78 Å². The second kappa shape index (κ2) is 9.99. The number of carbonyl (C=O) groups is 2. The molecular weight excluding hydrogens is 438 g/mol. The van der Waals surface area contributed by atoms with Crippen molar-refractivity contribution in [2.45, 2.75) is 39.8 Å². The number of nitrogens with one attached hydrogen (secondary N) is 2. The highest BCUT2D eigenvalue weighted by molar-refractivity contribution is 7.81. The van der Waals surface area contributed by atoms with E-state index in [1.54, 1.807) is 33.0 Å². The molecule has 0 unspecified atom stereocenters. The number of aromatic nitrogens is 1. The Morgan fingerprint density at radius 2 is 1.91 bits per heavy atom. The van der Waals surface area contributed by atoms with Crippen LogP contribution in [0, 0.1) is 6.92 Å². The number of thiocarbonyl (C=S) groups is 1. The molecule has 0 radical (unpaired) electrons. The monoisotopic (exact) mass is 467 g/mol. The summed E-state index contributed by atoms with van der Waals surface area (Å²) in [6.07, 6.45) is 1.06. The zero-order valence-corrected chi connectivity index (χ0v) is 20.1. The molecule has 0 saturated carbocycles. The van der Waals surface area contributed by atoms with Gasteiger partial charge in [-0.05, 0) is 57.5 Å². The molecular formula is C24H29N5O3S. The van der Waals surface area contributed by atoms with Gasteiger partial charge in [-0.1, -0.05) is 29.9 Å². The first-order chi connectivity index (χ1) is 15.5. The Morgan fingerprint density at radius 1 is 1.21 bits per heavy atom. The zero-order chi connectivity index (χ0) is 24.2. The lowest BCUT2D eigenvalue weighted by Crippen LogP contribution is -2.48. The molecule has 1 aliphatic rings. The van der Waals surface area contributed by atoms with Crippen molar-refractivity contribution in [3.8, 4) is 0 Å². The number of nitrogens with zero attached hydrogens (tertiary/aromatic N) is 2. The molecule has 1 aromatic heterocycles. The van der Waals surface area contributed by atoms with Crippen LogP contribution in [-0.2, 0) is 16.1 Å². The van der Waals surface area contributed by atoms with Crippen molar-refractivity contribution in [3.63, 3.8) is 0 Å². The largest absolute Gasteiger partial charge is 0.444 e. The van der Waals surface area contributed by atoms with Crippen LogP contribution in [0.5, 0.6) is 0 Å². The molecule has 1 aliphatic heterocycles. The van der Waals surface area contributed by atoms with Gasteiger partial charge in [0.25, 0.3) is 0 Å². The van der Waals surface area contributed by atoms with Gasteiger partial charge in [-0.15, -0.1) is 0 Å². The smallest absolute Gasteiger partial charge is 0.411 e. The van der Waals surface area contributed by atoms with Crippen LogP contribution in [0.25, 0.3) is 0 Å². The first kappa shape index (κ1) is 24.2. The summed E-state index contributed by atoms with van der Waals surface area (Å²) in [6.45, 7) is 7.77. The predicted molar refractivity (Wildman–Crippen MR) is 133 cm³/mol. The maximum Gasteiger partial charge on any atom is 0.411 e. The van der Waals surface area contributed by atoms with Crippen molar-refractivity contribution in [1.29, 1.82) is 0 Å². The summed E-state index contributed by atoms with van der Waals surface area (Å²) in [6, 6.07) is 11.3. The highest BCUT2D eigenvalue weighted by atomic mass is 32.1. The van der Waals surface area contributed by atoms with E-state index >= 15 is 0 Å². The number of nitrogens with two attached hydrogens (primary N) is 1. The molecule has 1 amide bonds. The first-order valence-electron chi connectivity index (χ1n) is 10.6. The number of ether oxygens (including phenoxy) is 1. The van der Waals surface area contributed by atoms with Crippen molar-refractivity contribution < 1.29 is 14.3 Å². The average molecular weight is 468 g/mol. The third kappa shape index (κ3) is 6.76. The fourth-order valence-electron chi connectivity index (χ4n) is 3.25. The fourth-order valence-corrected chi connectivity index (χ4v) is 3.61. The van der Waals surface area contributed by atoms with E-state index in [0.29, 0.717) is 28.6 Å². The van der Waals surface area contributed by atoms with Gasteiger partial charge in [0, 0.05) is 24.1 Å². The van der Waals surface area contributed by atoms with Crippen molar-refractivity contribution >= 4 is 40.6 Å². The van der Waals surface area contributed by atoms with E-state index in [1.807, 2.05) is 37.3 Å². The molecule has 174 valence electrons. The van der Waals surface area contributed by atoms with E-state index in [2.05, 4.69) is 15.6 Å². The minimum atomic E-state index is -0.672. The summed E-state index contributed by atoms with van der Waals surface area (Å²) in [4.78, 5) is 31.4. The number of pyridine rings is 1. The second-order valence-corrected chi connectivity index (χ2v) is 9.28. The first-order valence-corrected chi connectivity index (χ1v) is 11.0. The number of nitrogen functional groups attached to an aromatic ring is 1. The summed E-state index contributed by atoms with van der Waals surface area (Å²) < 4.78 is 5.47. The Bertz CT molecular complexity index is 1090. The Labute approximate surface area is 199 Å². The van der Waals surface area contributed by atoms with Crippen molar-refractivity contribution in [2.24, 2.45) is 0 Å². The number of ketones is 1. The molecule has 4 N–H and O–H groups in total. The predicted octanol–water partition coefficient (Wildman–Crippen LogP) is 3.58. The Morgan fingerprint density at radius 3 is 2.55 bits per heavy atom. The van der Waals surface area contributed by atoms with E-state index in [9.17, 15) is 9.59 Å². The zero-order valence-electron chi connectivity index (χ0n) is 19.3. The lowest BCUT2D eigenvalue weighted by atomic mass is 10.0. The van der Waals surface area contributed by atoms with Crippen LogP contribution in [0.2, 0.25) is 0 Å². The van der Waals surface area contributed by atoms with Gasteiger partial charge in [0.15, 0.2) is 5.78 Å². The quantitative estimate of drug-likeness (QED) is 0.573.